The first kappa shape index (κ1) is 24.4. The Morgan fingerprint density at radius 3 is 2.43 bits per heavy atom. The number of rotatable bonds is 5. The van der Waals surface area contributed by atoms with Crippen LogP contribution in [0, 0.1) is 13.8 Å². The molecule has 3 heterocycles. The first-order valence-electron chi connectivity index (χ1n) is 12.0. The number of nitrogens with zero attached hydrogens (tertiary/aromatic N) is 4. The van der Waals surface area contributed by atoms with E-state index in [1.807, 2.05) is 19.1 Å². The van der Waals surface area contributed by atoms with Crippen LogP contribution in [0.4, 0.5) is 5.69 Å². The van der Waals surface area contributed by atoms with Gasteiger partial charge in [-0.25, -0.2) is 14.3 Å². The molecule has 1 fully saturated rings. The van der Waals surface area contributed by atoms with E-state index in [-0.39, 0.29) is 28.9 Å². The van der Waals surface area contributed by atoms with E-state index in [9.17, 15) is 19.2 Å². The average Bonchev–Trinajstić information content (AvgIpc) is 2.86. The SMILES string of the molecule is CC[C@H](C(=O)Nc1ccccc1C)n1c(=O)c2c(C(=O)N3CCCCC3)cc(C)nc2n(C)c1=O. The van der Waals surface area contributed by atoms with E-state index >= 15 is 0 Å². The Kier molecular flexibility index (Phi) is 6.86. The zero-order valence-corrected chi connectivity index (χ0v) is 20.6. The van der Waals surface area contributed by atoms with E-state index in [1.54, 1.807) is 36.9 Å². The van der Waals surface area contributed by atoms with Crippen molar-refractivity contribution in [2.75, 3.05) is 18.4 Å². The number of fused-ring (bicyclic) bond motifs is 1. The van der Waals surface area contributed by atoms with Crippen LogP contribution in [0.2, 0.25) is 0 Å². The molecule has 0 saturated carbocycles. The third kappa shape index (κ3) is 4.50. The Balaban J connectivity index is 1.88. The molecular formula is C26H31N5O4. The number of likely N-dealkylation sites (tertiary alicyclic amines) is 1. The van der Waals surface area contributed by atoms with Gasteiger partial charge in [0.2, 0.25) is 5.91 Å². The van der Waals surface area contributed by atoms with Gasteiger partial charge in [-0.3, -0.25) is 19.0 Å². The van der Waals surface area contributed by atoms with Gasteiger partial charge in [0, 0.05) is 31.5 Å². The number of carbonyl (C=O) groups is 2. The van der Waals surface area contributed by atoms with Crippen molar-refractivity contribution in [2.45, 2.75) is 52.5 Å². The van der Waals surface area contributed by atoms with Gasteiger partial charge in [0.25, 0.3) is 11.5 Å². The van der Waals surface area contributed by atoms with Crippen molar-refractivity contribution in [1.82, 2.24) is 19.0 Å². The van der Waals surface area contributed by atoms with E-state index in [0.717, 1.165) is 29.4 Å². The zero-order chi connectivity index (χ0) is 25.3. The Morgan fingerprint density at radius 1 is 1.09 bits per heavy atom. The van der Waals surface area contributed by atoms with Crippen LogP contribution >= 0.6 is 0 Å². The highest BCUT2D eigenvalue weighted by atomic mass is 16.2. The lowest BCUT2D eigenvalue weighted by Crippen LogP contribution is -2.46. The van der Waals surface area contributed by atoms with Crippen LogP contribution in [0.1, 0.15) is 60.3 Å². The summed E-state index contributed by atoms with van der Waals surface area (Å²) < 4.78 is 2.21. The number of anilines is 1. The lowest BCUT2D eigenvalue weighted by Gasteiger charge is -2.27. The average molecular weight is 478 g/mol. The summed E-state index contributed by atoms with van der Waals surface area (Å²) in [5.74, 6) is -0.718. The molecule has 0 spiro atoms. The first-order chi connectivity index (χ1) is 16.7. The van der Waals surface area contributed by atoms with Crippen LogP contribution in [0.5, 0.6) is 0 Å². The van der Waals surface area contributed by atoms with Crippen molar-refractivity contribution in [3.63, 3.8) is 0 Å². The van der Waals surface area contributed by atoms with Crippen LogP contribution in [0.3, 0.4) is 0 Å². The molecule has 1 saturated heterocycles. The number of piperidine rings is 1. The summed E-state index contributed by atoms with van der Waals surface area (Å²) >= 11 is 0. The topological polar surface area (TPSA) is 106 Å². The molecule has 0 aliphatic carbocycles. The minimum Gasteiger partial charge on any atom is -0.339 e. The van der Waals surface area contributed by atoms with Gasteiger partial charge in [0.05, 0.1) is 10.9 Å². The molecular weight excluding hydrogens is 446 g/mol. The number of hydrogen-bond acceptors (Lipinski definition) is 5. The van der Waals surface area contributed by atoms with Crippen molar-refractivity contribution >= 4 is 28.5 Å². The van der Waals surface area contributed by atoms with Gasteiger partial charge < -0.3 is 10.2 Å². The van der Waals surface area contributed by atoms with E-state index in [2.05, 4.69) is 10.3 Å². The number of para-hydroxylation sites is 1. The molecule has 1 atom stereocenters. The molecule has 2 aromatic heterocycles. The molecule has 35 heavy (non-hydrogen) atoms. The van der Waals surface area contributed by atoms with Gasteiger partial charge in [-0.15, -0.1) is 0 Å². The third-order valence-electron chi connectivity index (χ3n) is 6.65. The van der Waals surface area contributed by atoms with E-state index in [4.69, 9.17) is 0 Å². The van der Waals surface area contributed by atoms with Crippen LogP contribution in [0.25, 0.3) is 11.0 Å². The number of carbonyl (C=O) groups excluding carboxylic acids is 2. The van der Waals surface area contributed by atoms with Crippen LogP contribution in [-0.4, -0.2) is 43.9 Å². The number of benzene rings is 1. The quantitative estimate of drug-likeness (QED) is 0.608. The first-order valence-corrected chi connectivity index (χ1v) is 12.0. The lowest BCUT2D eigenvalue weighted by molar-refractivity contribution is -0.119. The molecule has 9 heteroatoms. The maximum absolute atomic E-state index is 13.8. The summed E-state index contributed by atoms with van der Waals surface area (Å²) in [6.07, 6.45) is 3.10. The number of hydrogen-bond donors (Lipinski definition) is 1. The highest BCUT2D eigenvalue weighted by Crippen LogP contribution is 2.21. The molecule has 1 N–H and O–H groups in total. The van der Waals surface area contributed by atoms with Crippen molar-refractivity contribution < 1.29 is 9.59 Å². The molecule has 1 aromatic carbocycles. The smallest absolute Gasteiger partial charge is 0.333 e. The fourth-order valence-corrected chi connectivity index (χ4v) is 4.70. The molecule has 0 radical (unpaired) electrons. The Hall–Kier alpha value is -3.75. The maximum atomic E-state index is 13.8. The normalized spacial score (nSPS) is 14.7. The lowest BCUT2D eigenvalue weighted by atomic mass is 10.1. The minimum absolute atomic E-state index is 0.0652. The van der Waals surface area contributed by atoms with Crippen molar-refractivity contribution in [3.8, 4) is 0 Å². The van der Waals surface area contributed by atoms with Gasteiger partial charge in [-0.2, -0.15) is 0 Å². The molecule has 9 nitrogen and oxygen atoms in total. The summed E-state index contributed by atoms with van der Waals surface area (Å²) in [6, 6.07) is 7.85. The standard InChI is InChI=1S/C26H31N5O4/c1-5-20(23(32)28-19-12-8-7-11-16(19)2)31-25(34)21-18(24(33)30-13-9-6-10-14-30)15-17(3)27-22(21)29(4)26(31)35/h7-8,11-12,15,20H,5-6,9-10,13-14H2,1-4H3,(H,28,32)/t20-/m1/s1. The number of aromatic nitrogens is 3. The number of amides is 2. The maximum Gasteiger partial charge on any atom is 0.333 e. The highest BCUT2D eigenvalue weighted by Gasteiger charge is 2.29. The molecule has 2 amide bonds. The minimum atomic E-state index is -1.05. The summed E-state index contributed by atoms with van der Waals surface area (Å²) in [6.45, 7) is 6.58. The number of nitrogens with one attached hydrogen (secondary N) is 1. The van der Waals surface area contributed by atoms with Crippen LogP contribution in [0.15, 0.2) is 39.9 Å². The second-order valence-electron chi connectivity index (χ2n) is 9.11. The highest BCUT2D eigenvalue weighted by molar-refractivity contribution is 6.05. The monoisotopic (exact) mass is 477 g/mol. The molecule has 1 aliphatic heterocycles. The third-order valence-corrected chi connectivity index (χ3v) is 6.65. The fourth-order valence-electron chi connectivity index (χ4n) is 4.70. The van der Waals surface area contributed by atoms with Gasteiger partial charge in [-0.05, 0) is 57.2 Å². The van der Waals surface area contributed by atoms with Crippen molar-refractivity contribution in [1.29, 1.82) is 0 Å². The largest absolute Gasteiger partial charge is 0.339 e. The molecule has 4 rings (SSSR count). The Morgan fingerprint density at radius 2 is 1.77 bits per heavy atom. The summed E-state index contributed by atoms with van der Waals surface area (Å²) in [7, 11) is 1.51. The van der Waals surface area contributed by atoms with Gasteiger partial charge in [0.15, 0.2) is 0 Å². The zero-order valence-electron chi connectivity index (χ0n) is 20.6. The van der Waals surface area contributed by atoms with E-state index in [0.29, 0.717) is 24.5 Å². The number of aryl methyl sites for hydroxylation is 3. The fraction of sp³-hybridized carbons (Fsp3) is 0.423. The predicted octanol–water partition coefficient (Wildman–Crippen LogP) is 2.93. The molecule has 0 bridgehead atoms. The second-order valence-corrected chi connectivity index (χ2v) is 9.11. The van der Waals surface area contributed by atoms with Gasteiger partial charge in [0.1, 0.15) is 11.7 Å². The Labute approximate surface area is 203 Å². The summed E-state index contributed by atoms with van der Waals surface area (Å²) in [4.78, 5) is 60.0. The molecule has 184 valence electrons. The van der Waals surface area contributed by atoms with Crippen molar-refractivity contribution in [3.05, 3.63) is 68.0 Å². The van der Waals surface area contributed by atoms with Crippen LogP contribution in [-0.2, 0) is 11.8 Å². The van der Waals surface area contributed by atoms with Gasteiger partial charge >= 0.3 is 5.69 Å². The predicted molar refractivity (Wildman–Crippen MR) is 135 cm³/mol. The van der Waals surface area contributed by atoms with Crippen LogP contribution < -0.4 is 16.6 Å². The molecule has 0 unspecified atom stereocenters. The summed E-state index contributed by atoms with van der Waals surface area (Å²) in [5.41, 5.74) is 1.05. The summed E-state index contributed by atoms with van der Waals surface area (Å²) in [5, 5.41) is 2.91. The molecule has 3 aromatic rings. The van der Waals surface area contributed by atoms with Gasteiger partial charge in [-0.1, -0.05) is 25.1 Å². The second kappa shape index (κ2) is 9.85. The van der Waals surface area contributed by atoms with Crippen molar-refractivity contribution in [2.24, 2.45) is 7.05 Å². The molecule has 1 aliphatic rings. The van der Waals surface area contributed by atoms with E-state index < -0.39 is 23.2 Å². The Bertz CT molecular complexity index is 1420. The number of pyridine rings is 1. The van der Waals surface area contributed by atoms with E-state index in [1.165, 1.54) is 11.6 Å².